The molecule has 0 saturated heterocycles. The number of halogens is 7. The molecule has 8 nitrogen and oxygen atoms in total. The molecule has 0 amide bonds. The lowest BCUT2D eigenvalue weighted by Crippen LogP contribution is -2.33. The summed E-state index contributed by atoms with van der Waals surface area (Å²) in [4.78, 5) is 19.4. The van der Waals surface area contributed by atoms with E-state index in [0.29, 0.717) is 18.2 Å². The Morgan fingerprint density at radius 3 is 1.93 bits per heavy atom. The summed E-state index contributed by atoms with van der Waals surface area (Å²) in [6.45, 7) is 0. The number of ether oxygens (including phenoxy) is 1. The second-order valence-electron chi connectivity index (χ2n) is 5.51. The fourth-order valence-electron chi connectivity index (χ4n) is 2.17. The van der Waals surface area contributed by atoms with Crippen LogP contribution in [0.2, 0.25) is 0 Å². The maximum Gasteiger partial charge on any atom is 0.461 e. The summed E-state index contributed by atoms with van der Waals surface area (Å²) in [5.41, 5.74) is -5.65. The third-order valence-electron chi connectivity index (χ3n) is 3.45. The van der Waals surface area contributed by atoms with Crippen molar-refractivity contribution in [3.63, 3.8) is 0 Å². The summed E-state index contributed by atoms with van der Waals surface area (Å²) < 4.78 is 93.7. The molecule has 162 valence electrons. The van der Waals surface area contributed by atoms with Crippen molar-refractivity contribution in [1.29, 1.82) is 0 Å². The average molecular weight is 443 g/mol. The van der Waals surface area contributed by atoms with E-state index in [1.165, 1.54) is 0 Å². The van der Waals surface area contributed by atoms with Gasteiger partial charge in [-0.1, -0.05) is 0 Å². The normalized spacial score (nSPS) is 12.0. The van der Waals surface area contributed by atoms with Crippen LogP contribution in [0.25, 0.3) is 0 Å². The summed E-state index contributed by atoms with van der Waals surface area (Å²) in [5, 5.41) is 24.0. The van der Waals surface area contributed by atoms with Crippen molar-refractivity contribution in [2.75, 3.05) is 5.32 Å². The Kier molecular flexibility index (Phi) is 6.04. The zero-order valence-electron chi connectivity index (χ0n) is 14.1. The van der Waals surface area contributed by atoms with Gasteiger partial charge in [0.25, 0.3) is 11.4 Å². The highest BCUT2D eigenvalue weighted by Crippen LogP contribution is 2.43. The molecule has 0 saturated carbocycles. The van der Waals surface area contributed by atoms with E-state index in [4.69, 9.17) is 0 Å². The SMILES string of the molecule is O=[N+]([O-])c1cc([N+](=O)[O-])c(Nc2ccc(OC(F)(F)C(F)F)cc2)c(C(F)(F)F)c1. The van der Waals surface area contributed by atoms with E-state index >= 15 is 0 Å². The Hall–Kier alpha value is -3.65. The van der Waals surface area contributed by atoms with Gasteiger partial charge >= 0.3 is 18.7 Å². The standard InChI is InChI=1S/C15H8F7N3O5/c16-13(17)15(21,22)30-9-3-1-7(2-4-9)23-12-10(14(18,19)20)5-8(24(26)27)6-11(12)25(28)29/h1-6,13,23H. The number of anilines is 2. The number of nitrogens with zero attached hydrogens (tertiary/aromatic N) is 2. The molecule has 0 bridgehead atoms. The van der Waals surface area contributed by atoms with Crippen molar-refractivity contribution in [1.82, 2.24) is 0 Å². The number of benzene rings is 2. The minimum atomic E-state index is -5.23. The zero-order chi connectivity index (χ0) is 22.9. The van der Waals surface area contributed by atoms with E-state index < -0.39 is 56.9 Å². The highest BCUT2D eigenvalue weighted by Gasteiger charge is 2.44. The third kappa shape index (κ3) is 5.03. The van der Waals surface area contributed by atoms with Crippen LogP contribution in [-0.4, -0.2) is 22.4 Å². The Bertz CT molecular complexity index is 964. The molecule has 0 atom stereocenters. The van der Waals surface area contributed by atoms with Crippen molar-refractivity contribution in [3.05, 3.63) is 62.2 Å². The lowest BCUT2D eigenvalue weighted by atomic mass is 10.1. The number of non-ortho nitro benzene ring substituents is 1. The zero-order valence-corrected chi connectivity index (χ0v) is 14.1. The average Bonchev–Trinajstić information content (AvgIpc) is 2.61. The van der Waals surface area contributed by atoms with E-state index in [-0.39, 0.29) is 11.8 Å². The Labute approximate surface area is 161 Å². The van der Waals surface area contributed by atoms with Crippen LogP contribution in [0.1, 0.15) is 5.56 Å². The number of nitro groups is 2. The molecule has 1 N–H and O–H groups in total. The van der Waals surface area contributed by atoms with Crippen LogP contribution in [0.4, 0.5) is 53.5 Å². The maximum atomic E-state index is 13.3. The highest BCUT2D eigenvalue weighted by atomic mass is 19.4. The fourth-order valence-corrected chi connectivity index (χ4v) is 2.17. The molecular formula is C15H8F7N3O5. The lowest BCUT2D eigenvalue weighted by Gasteiger charge is -2.17. The Balaban J connectivity index is 2.47. The first kappa shape index (κ1) is 22.6. The fraction of sp³-hybridized carbons (Fsp3) is 0.200. The van der Waals surface area contributed by atoms with Crippen molar-refractivity contribution >= 4 is 22.7 Å². The van der Waals surface area contributed by atoms with Crippen molar-refractivity contribution in [2.24, 2.45) is 0 Å². The van der Waals surface area contributed by atoms with E-state index in [1.54, 1.807) is 0 Å². The summed E-state index contributed by atoms with van der Waals surface area (Å²) in [7, 11) is 0. The van der Waals surface area contributed by atoms with Gasteiger partial charge in [-0.2, -0.15) is 30.7 Å². The molecule has 0 heterocycles. The summed E-state index contributed by atoms with van der Waals surface area (Å²) in [5.74, 6) is -0.764. The Morgan fingerprint density at radius 1 is 0.933 bits per heavy atom. The van der Waals surface area contributed by atoms with Crippen molar-refractivity contribution in [3.8, 4) is 5.75 Å². The summed E-state index contributed by atoms with van der Waals surface area (Å²) in [6, 6.07) is 3.42. The largest absolute Gasteiger partial charge is 0.461 e. The van der Waals surface area contributed by atoms with Gasteiger partial charge in [0, 0.05) is 11.8 Å². The van der Waals surface area contributed by atoms with Crippen LogP contribution in [-0.2, 0) is 6.18 Å². The smallest absolute Gasteiger partial charge is 0.428 e. The molecule has 15 heteroatoms. The molecule has 0 aliphatic carbocycles. The molecule has 0 spiro atoms. The van der Waals surface area contributed by atoms with E-state index in [1.807, 2.05) is 5.32 Å². The molecule has 0 radical (unpaired) electrons. The molecule has 0 fully saturated rings. The maximum absolute atomic E-state index is 13.3. The molecule has 2 rings (SSSR count). The van der Waals surface area contributed by atoms with Gasteiger partial charge in [-0.15, -0.1) is 0 Å². The molecular weight excluding hydrogens is 435 g/mol. The first-order chi connectivity index (χ1) is 13.7. The molecule has 2 aromatic rings. The minimum Gasteiger partial charge on any atom is -0.428 e. The number of hydrogen-bond acceptors (Lipinski definition) is 6. The van der Waals surface area contributed by atoms with E-state index in [9.17, 15) is 51.0 Å². The second kappa shape index (κ2) is 8.00. The van der Waals surface area contributed by atoms with Gasteiger partial charge in [0.05, 0.1) is 21.5 Å². The van der Waals surface area contributed by atoms with Crippen molar-refractivity contribution in [2.45, 2.75) is 18.7 Å². The van der Waals surface area contributed by atoms with Gasteiger partial charge in [0.2, 0.25) is 0 Å². The summed E-state index contributed by atoms with van der Waals surface area (Å²) in [6.07, 6.45) is -14.2. The highest BCUT2D eigenvalue weighted by molar-refractivity contribution is 5.76. The van der Waals surface area contributed by atoms with Gasteiger partial charge in [0.1, 0.15) is 11.4 Å². The topological polar surface area (TPSA) is 108 Å². The number of rotatable bonds is 7. The first-order valence-corrected chi connectivity index (χ1v) is 7.48. The van der Waals surface area contributed by atoms with Gasteiger partial charge in [-0.05, 0) is 24.3 Å². The van der Waals surface area contributed by atoms with Crippen LogP contribution < -0.4 is 10.1 Å². The molecule has 30 heavy (non-hydrogen) atoms. The third-order valence-corrected chi connectivity index (χ3v) is 3.45. The van der Waals surface area contributed by atoms with Gasteiger partial charge in [-0.3, -0.25) is 20.2 Å². The Morgan fingerprint density at radius 2 is 1.50 bits per heavy atom. The molecule has 0 aromatic heterocycles. The second-order valence-corrected chi connectivity index (χ2v) is 5.51. The molecule has 0 unspecified atom stereocenters. The van der Waals surface area contributed by atoms with Gasteiger partial charge in [-0.25, -0.2) is 0 Å². The molecule has 0 aliphatic heterocycles. The number of nitro benzene ring substituents is 2. The predicted octanol–water partition coefficient (Wildman–Crippen LogP) is 5.50. The minimum absolute atomic E-state index is 0.0794. The van der Waals surface area contributed by atoms with Gasteiger partial charge < -0.3 is 10.1 Å². The van der Waals surface area contributed by atoms with E-state index in [2.05, 4.69) is 4.74 Å². The van der Waals surface area contributed by atoms with Crippen LogP contribution in [0.5, 0.6) is 5.75 Å². The van der Waals surface area contributed by atoms with Gasteiger partial charge in [0.15, 0.2) is 0 Å². The molecule has 2 aromatic carbocycles. The number of alkyl halides is 7. The lowest BCUT2D eigenvalue weighted by molar-refractivity contribution is -0.394. The predicted molar refractivity (Wildman–Crippen MR) is 86.1 cm³/mol. The van der Waals surface area contributed by atoms with Crippen LogP contribution in [0.15, 0.2) is 36.4 Å². The van der Waals surface area contributed by atoms with Crippen LogP contribution in [0.3, 0.4) is 0 Å². The summed E-state index contributed by atoms with van der Waals surface area (Å²) >= 11 is 0. The first-order valence-electron chi connectivity index (χ1n) is 7.48. The van der Waals surface area contributed by atoms with E-state index in [0.717, 1.165) is 12.1 Å². The monoisotopic (exact) mass is 443 g/mol. The van der Waals surface area contributed by atoms with Crippen LogP contribution in [0, 0.1) is 20.2 Å². The quantitative estimate of drug-likeness (QED) is 0.344. The molecule has 0 aliphatic rings. The number of nitrogens with one attached hydrogen (secondary N) is 1. The van der Waals surface area contributed by atoms with Crippen molar-refractivity contribution < 1.29 is 45.3 Å². The number of hydrogen-bond donors (Lipinski definition) is 1. The van der Waals surface area contributed by atoms with Crippen LogP contribution >= 0.6 is 0 Å².